The summed E-state index contributed by atoms with van der Waals surface area (Å²) in [6.07, 6.45) is 8.94. The minimum Gasteiger partial charge on any atom is -0.355 e. The summed E-state index contributed by atoms with van der Waals surface area (Å²) in [7, 11) is 1.94. The van der Waals surface area contributed by atoms with Crippen molar-refractivity contribution < 1.29 is 4.79 Å². The summed E-state index contributed by atoms with van der Waals surface area (Å²) in [6.45, 7) is 3.97. The molecule has 0 spiro atoms. The highest BCUT2D eigenvalue weighted by Gasteiger charge is 2.11. The molecule has 1 amide bonds. The predicted molar refractivity (Wildman–Crippen MR) is 77.5 cm³/mol. The van der Waals surface area contributed by atoms with E-state index in [-0.39, 0.29) is 11.9 Å². The van der Waals surface area contributed by atoms with Crippen LogP contribution < -0.4 is 16.4 Å². The van der Waals surface area contributed by atoms with E-state index < -0.39 is 0 Å². The lowest BCUT2D eigenvalue weighted by atomic mass is 10.1. The fourth-order valence-electron chi connectivity index (χ4n) is 1.87. The van der Waals surface area contributed by atoms with Crippen LogP contribution in [0.25, 0.3) is 0 Å². The normalized spacial score (nSPS) is 12.4. The Hall–Kier alpha value is -0.610. The Balaban J connectivity index is 3.38. The first-order valence-corrected chi connectivity index (χ1v) is 7.40. The topological polar surface area (TPSA) is 67.2 Å². The van der Waals surface area contributed by atoms with E-state index in [1.807, 2.05) is 7.05 Å². The van der Waals surface area contributed by atoms with Gasteiger partial charge < -0.3 is 16.4 Å². The summed E-state index contributed by atoms with van der Waals surface area (Å²) >= 11 is 0. The van der Waals surface area contributed by atoms with Crippen molar-refractivity contribution in [3.8, 4) is 0 Å². The number of hydrogen-bond donors (Lipinski definition) is 3. The minimum absolute atomic E-state index is 0.00921. The van der Waals surface area contributed by atoms with Crippen molar-refractivity contribution >= 4 is 5.91 Å². The van der Waals surface area contributed by atoms with Crippen LogP contribution in [-0.2, 0) is 4.79 Å². The Morgan fingerprint density at radius 2 is 1.72 bits per heavy atom. The summed E-state index contributed by atoms with van der Waals surface area (Å²) in [5.74, 6) is 0.00921. The number of unbranched alkanes of at least 4 members (excludes halogenated alkanes) is 5. The molecule has 1 unspecified atom stereocenters. The van der Waals surface area contributed by atoms with Crippen LogP contribution in [0.15, 0.2) is 0 Å². The van der Waals surface area contributed by atoms with Gasteiger partial charge >= 0.3 is 0 Å². The van der Waals surface area contributed by atoms with Gasteiger partial charge in [-0.2, -0.15) is 0 Å². The van der Waals surface area contributed by atoms with Crippen LogP contribution in [0, 0.1) is 0 Å². The second-order valence-electron chi connectivity index (χ2n) is 4.91. The number of carbonyl (C=O) groups excluding carboxylic acids is 1. The van der Waals surface area contributed by atoms with Crippen LogP contribution in [-0.4, -0.2) is 32.1 Å². The Kier molecular flexibility index (Phi) is 12.4. The van der Waals surface area contributed by atoms with E-state index in [4.69, 9.17) is 5.73 Å². The zero-order valence-electron chi connectivity index (χ0n) is 12.1. The fraction of sp³-hybridized carbons (Fsp3) is 0.929. The molecule has 18 heavy (non-hydrogen) atoms. The summed E-state index contributed by atoms with van der Waals surface area (Å²) < 4.78 is 0. The first kappa shape index (κ1) is 17.4. The molecule has 1 atom stereocenters. The number of nitrogens with one attached hydrogen (secondary N) is 2. The highest BCUT2D eigenvalue weighted by molar-refractivity contribution is 5.81. The van der Waals surface area contributed by atoms with Crippen molar-refractivity contribution in [3.63, 3.8) is 0 Å². The number of carbonyl (C=O) groups is 1. The molecule has 0 aliphatic rings. The maximum absolute atomic E-state index is 11.6. The molecule has 0 saturated heterocycles. The molecule has 0 saturated carbocycles. The molecule has 0 aliphatic heterocycles. The van der Waals surface area contributed by atoms with Crippen LogP contribution in [0.3, 0.4) is 0 Å². The number of nitrogens with two attached hydrogens (primary N) is 1. The van der Waals surface area contributed by atoms with Gasteiger partial charge in [0.1, 0.15) is 0 Å². The second-order valence-corrected chi connectivity index (χ2v) is 4.91. The Bertz CT molecular complexity index is 197. The van der Waals surface area contributed by atoms with E-state index in [0.29, 0.717) is 0 Å². The molecule has 0 aromatic carbocycles. The largest absolute Gasteiger partial charge is 0.355 e. The summed E-state index contributed by atoms with van der Waals surface area (Å²) in [5, 5.41) is 6.01. The van der Waals surface area contributed by atoms with Crippen molar-refractivity contribution in [2.24, 2.45) is 5.73 Å². The van der Waals surface area contributed by atoms with Gasteiger partial charge in [0, 0.05) is 6.54 Å². The SMILES string of the molecule is CCCCCCCNC(=O)C(N)CCCCNC. The monoisotopic (exact) mass is 257 g/mol. The standard InChI is InChI=1S/C14H31N3O/c1-3-4-5-6-8-12-17-14(18)13(15)10-7-9-11-16-2/h13,16H,3-12,15H2,1-2H3,(H,17,18). The van der Waals surface area contributed by atoms with Gasteiger partial charge in [0.05, 0.1) is 6.04 Å². The molecule has 0 radical (unpaired) electrons. The molecule has 4 heteroatoms. The first-order chi connectivity index (χ1) is 8.72. The van der Waals surface area contributed by atoms with Gasteiger partial charge in [0.25, 0.3) is 0 Å². The molecule has 0 aliphatic carbocycles. The Labute approximate surface area is 112 Å². The molecular weight excluding hydrogens is 226 g/mol. The molecule has 0 heterocycles. The zero-order chi connectivity index (χ0) is 13.6. The summed E-state index contributed by atoms with van der Waals surface area (Å²) in [6, 6.07) is -0.336. The number of rotatable bonds is 12. The van der Waals surface area contributed by atoms with Crippen LogP contribution in [0.2, 0.25) is 0 Å². The smallest absolute Gasteiger partial charge is 0.236 e. The van der Waals surface area contributed by atoms with Gasteiger partial charge in [0.2, 0.25) is 5.91 Å². The predicted octanol–water partition coefficient (Wildman–Crippen LogP) is 1.79. The van der Waals surface area contributed by atoms with Crippen molar-refractivity contribution in [1.29, 1.82) is 0 Å². The van der Waals surface area contributed by atoms with Gasteiger partial charge in [-0.1, -0.05) is 39.0 Å². The van der Waals surface area contributed by atoms with Crippen molar-refractivity contribution in [3.05, 3.63) is 0 Å². The Morgan fingerprint density at radius 1 is 1.06 bits per heavy atom. The lowest BCUT2D eigenvalue weighted by Gasteiger charge is -2.12. The van der Waals surface area contributed by atoms with Gasteiger partial charge in [-0.3, -0.25) is 4.79 Å². The van der Waals surface area contributed by atoms with E-state index in [1.165, 1.54) is 25.7 Å². The van der Waals surface area contributed by atoms with Crippen molar-refractivity contribution in [2.45, 2.75) is 64.3 Å². The highest BCUT2D eigenvalue weighted by Crippen LogP contribution is 2.02. The van der Waals surface area contributed by atoms with Gasteiger partial charge in [-0.05, 0) is 32.9 Å². The molecule has 4 N–H and O–H groups in total. The van der Waals surface area contributed by atoms with Crippen molar-refractivity contribution in [2.75, 3.05) is 20.1 Å². The van der Waals surface area contributed by atoms with Crippen LogP contribution in [0.1, 0.15) is 58.3 Å². The maximum Gasteiger partial charge on any atom is 0.236 e. The van der Waals surface area contributed by atoms with Gasteiger partial charge in [-0.15, -0.1) is 0 Å². The van der Waals surface area contributed by atoms with E-state index in [2.05, 4.69) is 17.6 Å². The quantitative estimate of drug-likeness (QED) is 0.467. The first-order valence-electron chi connectivity index (χ1n) is 7.40. The molecule has 0 rings (SSSR count). The molecule has 108 valence electrons. The lowest BCUT2D eigenvalue weighted by Crippen LogP contribution is -2.40. The third kappa shape index (κ3) is 10.5. The third-order valence-electron chi connectivity index (χ3n) is 3.11. The molecule has 4 nitrogen and oxygen atoms in total. The van der Waals surface area contributed by atoms with Gasteiger partial charge in [0.15, 0.2) is 0 Å². The van der Waals surface area contributed by atoms with E-state index in [1.54, 1.807) is 0 Å². The third-order valence-corrected chi connectivity index (χ3v) is 3.11. The second kappa shape index (κ2) is 12.8. The van der Waals surface area contributed by atoms with E-state index >= 15 is 0 Å². The summed E-state index contributed by atoms with van der Waals surface area (Å²) in [4.78, 5) is 11.6. The van der Waals surface area contributed by atoms with Crippen molar-refractivity contribution in [1.82, 2.24) is 10.6 Å². The molecular formula is C14H31N3O. The van der Waals surface area contributed by atoms with Crippen LogP contribution in [0.4, 0.5) is 0 Å². The minimum atomic E-state index is -0.336. The lowest BCUT2D eigenvalue weighted by molar-refractivity contribution is -0.122. The molecule has 0 bridgehead atoms. The molecule has 0 aromatic rings. The number of amides is 1. The number of hydrogen-bond acceptors (Lipinski definition) is 3. The fourth-order valence-corrected chi connectivity index (χ4v) is 1.87. The van der Waals surface area contributed by atoms with Crippen LogP contribution >= 0.6 is 0 Å². The van der Waals surface area contributed by atoms with E-state index in [0.717, 1.165) is 38.8 Å². The average molecular weight is 257 g/mol. The maximum atomic E-state index is 11.6. The molecule has 0 aromatic heterocycles. The molecule has 0 fully saturated rings. The zero-order valence-corrected chi connectivity index (χ0v) is 12.1. The average Bonchev–Trinajstić information content (AvgIpc) is 2.38. The summed E-state index contributed by atoms with van der Waals surface area (Å²) in [5.41, 5.74) is 5.83. The van der Waals surface area contributed by atoms with Crippen LogP contribution in [0.5, 0.6) is 0 Å². The highest BCUT2D eigenvalue weighted by atomic mass is 16.2. The van der Waals surface area contributed by atoms with Gasteiger partial charge in [-0.25, -0.2) is 0 Å². The van der Waals surface area contributed by atoms with E-state index in [9.17, 15) is 4.79 Å². The Morgan fingerprint density at radius 3 is 2.39 bits per heavy atom.